The number of anilines is 1. The van der Waals surface area contributed by atoms with Gasteiger partial charge in [-0.25, -0.2) is 0 Å². The van der Waals surface area contributed by atoms with Gasteiger partial charge in [0.25, 0.3) is 0 Å². The summed E-state index contributed by atoms with van der Waals surface area (Å²) in [7, 11) is 0. The van der Waals surface area contributed by atoms with Crippen molar-refractivity contribution in [1.82, 2.24) is 0 Å². The predicted octanol–water partition coefficient (Wildman–Crippen LogP) is 3.12. The molecule has 1 unspecified atom stereocenters. The van der Waals surface area contributed by atoms with Crippen LogP contribution in [0.5, 0.6) is 0 Å². The van der Waals surface area contributed by atoms with Crippen molar-refractivity contribution in [1.29, 1.82) is 0 Å². The first kappa shape index (κ1) is 13.4. The molecule has 0 bridgehead atoms. The smallest absolute Gasteiger partial charge is 0.0398 e. The van der Waals surface area contributed by atoms with Crippen LogP contribution in [0.15, 0.2) is 18.2 Å². The Labute approximate surface area is 111 Å². The molecule has 2 rings (SSSR count). The monoisotopic (exact) mass is 246 g/mol. The molecule has 0 aromatic heterocycles. The molecular weight excluding hydrogens is 220 g/mol. The van der Waals surface area contributed by atoms with E-state index in [1.807, 2.05) is 0 Å². The third-order valence-electron chi connectivity index (χ3n) is 4.04. The zero-order chi connectivity index (χ0) is 13.1. The van der Waals surface area contributed by atoms with Gasteiger partial charge in [-0.1, -0.05) is 31.5 Å². The van der Waals surface area contributed by atoms with Gasteiger partial charge in [-0.3, -0.25) is 0 Å². The normalized spacial score (nSPS) is 16.8. The highest BCUT2D eigenvalue weighted by Crippen LogP contribution is 2.28. The van der Waals surface area contributed by atoms with Gasteiger partial charge in [-0.2, -0.15) is 0 Å². The van der Waals surface area contributed by atoms with Gasteiger partial charge in [0.15, 0.2) is 0 Å². The molecule has 0 saturated carbocycles. The van der Waals surface area contributed by atoms with Crippen LogP contribution in [0.1, 0.15) is 37.8 Å². The van der Waals surface area contributed by atoms with Crippen LogP contribution in [0.4, 0.5) is 5.69 Å². The number of hydrogen-bond donors (Lipinski definition) is 1. The zero-order valence-electron chi connectivity index (χ0n) is 11.9. The number of benzene rings is 1. The van der Waals surface area contributed by atoms with Crippen molar-refractivity contribution in [2.45, 2.75) is 46.1 Å². The lowest BCUT2D eigenvalue weighted by atomic mass is 9.97. The molecule has 0 saturated heterocycles. The second-order valence-electron chi connectivity index (χ2n) is 5.92. The molecule has 2 N–H and O–H groups in total. The first-order valence-corrected chi connectivity index (χ1v) is 7.18. The molecule has 1 aromatic rings. The molecule has 0 amide bonds. The first-order chi connectivity index (χ1) is 8.58. The Hall–Kier alpha value is -1.02. The van der Waals surface area contributed by atoms with Crippen LogP contribution < -0.4 is 10.6 Å². The van der Waals surface area contributed by atoms with Crippen LogP contribution in [-0.4, -0.2) is 19.1 Å². The van der Waals surface area contributed by atoms with Crippen molar-refractivity contribution >= 4 is 5.69 Å². The summed E-state index contributed by atoms with van der Waals surface area (Å²) in [6.45, 7) is 8.86. The summed E-state index contributed by atoms with van der Waals surface area (Å²) >= 11 is 0. The molecule has 0 aliphatic carbocycles. The summed E-state index contributed by atoms with van der Waals surface area (Å²) in [6, 6.07) is 7.16. The van der Waals surface area contributed by atoms with Gasteiger partial charge in [-0.15, -0.1) is 0 Å². The molecule has 0 radical (unpaired) electrons. The first-order valence-electron chi connectivity index (χ1n) is 7.18. The number of rotatable bonds is 4. The van der Waals surface area contributed by atoms with Gasteiger partial charge in [0.05, 0.1) is 0 Å². The molecule has 2 heteroatoms. The average molecular weight is 246 g/mol. The van der Waals surface area contributed by atoms with E-state index in [-0.39, 0.29) is 0 Å². The molecule has 2 nitrogen and oxygen atoms in total. The van der Waals surface area contributed by atoms with E-state index in [4.69, 9.17) is 5.73 Å². The van der Waals surface area contributed by atoms with Gasteiger partial charge in [0.1, 0.15) is 0 Å². The predicted molar refractivity (Wildman–Crippen MR) is 79.1 cm³/mol. The molecular formula is C16H26N2. The fourth-order valence-corrected chi connectivity index (χ4v) is 2.67. The van der Waals surface area contributed by atoms with Crippen LogP contribution in [-0.2, 0) is 6.42 Å². The minimum atomic E-state index is 0.320. The molecule has 1 aliphatic rings. The summed E-state index contributed by atoms with van der Waals surface area (Å²) in [5, 5.41) is 0. The Bertz CT molecular complexity index is 398. The van der Waals surface area contributed by atoms with E-state index in [0.717, 1.165) is 13.0 Å². The van der Waals surface area contributed by atoms with Gasteiger partial charge in [0, 0.05) is 24.8 Å². The van der Waals surface area contributed by atoms with Crippen LogP contribution in [0.2, 0.25) is 0 Å². The topological polar surface area (TPSA) is 29.3 Å². The van der Waals surface area contributed by atoms with Crippen molar-refractivity contribution < 1.29 is 0 Å². The van der Waals surface area contributed by atoms with E-state index in [2.05, 4.69) is 43.9 Å². The van der Waals surface area contributed by atoms with Gasteiger partial charge >= 0.3 is 0 Å². The lowest BCUT2D eigenvalue weighted by Crippen LogP contribution is -2.36. The van der Waals surface area contributed by atoms with E-state index < -0.39 is 0 Å². The summed E-state index contributed by atoms with van der Waals surface area (Å²) in [4.78, 5) is 2.51. The zero-order valence-corrected chi connectivity index (χ0v) is 11.9. The fraction of sp³-hybridized carbons (Fsp3) is 0.625. The highest BCUT2D eigenvalue weighted by molar-refractivity contribution is 5.56. The molecule has 1 aliphatic heterocycles. The molecule has 1 heterocycles. The van der Waals surface area contributed by atoms with E-state index in [0.29, 0.717) is 12.0 Å². The summed E-state index contributed by atoms with van der Waals surface area (Å²) in [6.07, 6.45) is 3.59. The molecule has 18 heavy (non-hydrogen) atoms. The second-order valence-corrected chi connectivity index (χ2v) is 5.92. The number of aryl methyl sites for hydroxylation is 2. The Morgan fingerprint density at radius 1 is 1.33 bits per heavy atom. The number of nitrogens with two attached hydrogens (primary N) is 1. The van der Waals surface area contributed by atoms with Crippen molar-refractivity contribution in [3.63, 3.8) is 0 Å². The molecule has 0 spiro atoms. The summed E-state index contributed by atoms with van der Waals surface area (Å²) in [5.74, 6) is 0.576. The van der Waals surface area contributed by atoms with E-state index in [1.54, 1.807) is 0 Å². The lowest BCUT2D eigenvalue weighted by molar-refractivity contribution is 0.460. The maximum Gasteiger partial charge on any atom is 0.0398 e. The Morgan fingerprint density at radius 3 is 2.83 bits per heavy atom. The highest BCUT2D eigenvalue weighted by Gasteiger charge is 2.17. The third-order valence-corrected chi connectivity index (χ3v) is 4.04. The van der Waals surface area contributed by atoms with Gasteiger partial charge < -0.3 is 10.6 Å². The lowest BCUT2D eigenvalue weighted by Gasteiger charge is -2.32. The van der Waals surface area contributed by atoms with Crippen LogP contribution in [0.25, 0.3) is 0 Å². The van der Waals surface area contributed by atoms with Gasteiger partial charge in [0.2, 0.25) is 0 Å². The quantitative estimate of drug-likeness (QED) is 0.884. The van der Waals surface area contributed by atoms with E-state index >= 15 is 0 Å². The largest absolute Gasteiger partial charge is 0.371 e. The summed E-state index contributed by atoms with van der Waals surface area (Å²) < 4.78 is 0. The SMILES string of the molecule is Cc1ccc2c(c1)CCCN2CCC(N)C(C)C. The molecule has 100 valence electrons. The minimum absolute atomic E-state index is 0.320. The van der Waals surface area contributed by atoms with Crippen LogP contribution in [0, 0.1) is 12.8 Å². The van der Waals surface area contributed by atoms with E-state index in [1.165, 1.54) is 36.2 Å². The number of nitrogens with zero attached hydrogens (tertiary/aromatic N) is 1. The molecule has 0 fully saturated rings. The van der Waals surface area contributed by atoms with Crippen molar-refractivity contribution in [3.05, 3.63) is 29.3 Å². The highest BCUT2D eigenvalue weighted by atomic mass is 15.1. The number of fused-ring (bicyclic) bond motifs is 1. The van der Waals surface area contributed by atoms with Crippen LogP contribution >= 0.6 is 0 Å². The van der Waals surface area contributed by atoms with Crippen LogP contribution in [0.3, 0.4) is 0 Å². The second kappa shape index (κ2) is 5.75. The van der Waals surface area contributed by atoms with E-state index in [9.17, 15) is 0 Å². The van der Waals surface area contributed by atoms with Crippen molar-refractivity contribution in [3.8, 4) is 0 Å². The third kappa shape index (κ3) is 3.05. The fourth-order valence-electron chi connectivity index (χ4n) is 2.67. The summed E-state index contributed by atoms with van der Waals surface area (Å²) in [5.41, 5.74) is 10.5. The standard InChI is InChI=1S/C16H26N2/c1-12(2)15(17)8-10-18-9-4-5-14-11-13(3)6-7-16(14)18/h6-7,11-12,15H,4-5,8-10,17H2,1-3H3. The molecule has 1 aromatic carbocycles. The maximum absolute atomic E-state index is 6.15. The Balaban J connectivity index is 2.04. The van der Waals surface area contributed by atoms with Crippen molar-refractivity contribution in [2.75, 3.05) is 18.0 Å². The number of hydrogen-bond acceptors (Lipinski definition) is 2. The Kier molecular flexibility index (Phi) is 4.28. The minimum Gasteiger partial charge on any atom is -0.371 e. The Morgan fingerprint density at radius 2 is 2.11 bits per heavy atom. The maximum atomic E-state index is 6.15. The van der Waals surface area contributed by atoms with Crippen molar-refractivity contribution in [2.24, 2.45) is 11.7 Å². The molecule has 1 atom stereocenters. The van der Waals surface area contributed by atoms with Gasteiger partial charge in [-0.05, 0) is 43.7 Å². The average Bonchev–Trinajstić information content (AvgIpc) is 2.35.